The van der Waals surface area contributed by atoms with E-state index in [9.17, 15) is 4.79 Å². The van der Waals surface area contributed by atoms with Gasteiger partial charge in [0.05, 0.1) is 6.54 Å². The van der Waals surface area contributed by atoms with E-state index in [1.165, 1.54) is 0 Å². The zero-order valence-corrected chi connectivity index (χ0v) is 14.8. The summed E-state index contributed by atoms with van der Waals surface area (Å²) in [5.74, 6) is 0.718. The van der Waals surface area contributed by atoms with E-state index < -0.39 is 0 Å². The molecule has 1 atom stereocenters. The number of nitrogens with one attached hydrogen (secondary N) is 1. The molecular formula is C19H20N6O2. The Hall–Kier alpha value is -3.13. The van der Waals surface area contributed by atoms with E-state index in [4.69, 9.17) is 4.52 Å². The van der Waals surface area contributed by atoms with Crippen LogP contribution in [0.15, 0.2) is 53.6 Å². The summed E-state index contributed by atoms with van der Waals surface area (Å²) in [7, 11) is 0. The lowest BCUT2D eigenvalue weighted by molar-refractivity contribution is -0.126. The van der Waals surface area contributed by atoms with Crippen molar-refractivity contribution in [2.24, 2.45) is 0 Å². The molecule has 0 spiro atoms. The van der Waals surface area contributed by atoms with Crippen LogP contribution in [0.25, 0.3) is 11.4 Å². The topological polar surface area (TPSA) is 97.0 Å². The van der Waals surface area contributed by atoms with Gasteiger partial charge in [-0.15, -0.1) is 0 Å². The maximum atomic E-state index is 12.9. The molecule has 0 radical (unpaired) electrons. The predicted molar refractivity (Wildman–Crippen MR) is 97.2 cm³/mol. The first-order valence-electron chi connectivity index (χ1n) is 8.96. The average Bonchev–Trinajstić information content (AvgIpc) is 3.41. The van der Waals surface area contributed by atoms with Crippen LogP contribution in [-0.4, -0.2) is 44.0 Å². The molecule has 1 aliphatic heterocycles. The molecule has 1 amide bonds. The zero-order valence-electron chi connectivity index (χ0n) is 14.8. The van der Waals surface area contributed by atoms with E-state index in [1.807, 2.05) is 24.3 Å². The monoisotopic (exact) mass is 364 g/mol. The number of rotatable bonds is 6. The summed E-state index contributed by atoms with van der Waals surface area (Å²) in [6.45, 7) is 1.98. The molecule has 0 saturated carbocycles. The molecule has 0 bridgehead atoms. The van der Waals surface area contributed by atoms with Crippen LogP contribution in [0.5, 0.6) is 0 Å². The van der Waals surface area contributed by atoms with Crippen LogP contribution in [0.3, 0.4) is 0 Å². The van der Waals surface area contributed by atoms with Crippen LogP contribution in [0.1, 0.15) is 30.3 Å². The second-order valence-corrected chi connectivity index (χ2v) is 6.40. The molecule has 0 aliphatic carbocycles. The van der Waals surface area contributed by atoms with Gasteiger partial charge in [0.1, 0.15) is 6.04 Å². The van der Waals surface area contributed by atoms with Gasteiger partial charge in [-0.2, -0.15) is 4.98 Å². The van der Waals surface area contributed by atoms with Gasteiger partial charge in [0.15, 0.2) is 0 Å². The standard InChI is InChI=1S/C19H20N6O2/c26-19(17(25-9-1-2-10-25)14-5-3-7-20-11-14)22-13-16-23-18(24-27-16)15-6-4-8-21-12-15/h3-8,11-12,17H,1-2,9-10,13H2,(H,22,26)/t17-/m0/s1. The Labute approximate surface area is 156 Å². The fraction of sp³-hybridized carbons (Fsp3) is 0.316. The molecule has 1 fully saturated rings. The number of likely N-dealkylation sites (tertiary alicyclic amines) is 1. The van der Waals surface area contributed by atoms with Crippen molar-refractivity contribution in [2.45, 2.75) is 25.4 Å². The van der Waals surface area contributed by atoms with Gasteiger partial charge in [-0.05, 0) is 49.7 Å². The predicted octanol–water partition coefficient (Wildman–Crippen LogP) is 1.98. The molecule has 8 nitrogen and oxygen atoms in total. The summed E-state index contributed by atoms with van der Waals surface area (Å²) in [5.41, 5.74) is 1.66. The third-order valence-electron chi connectivity index (χ3n) is 4.56. The van der Waals surface area contributed by atoms with Crippen LogP contribution < -0.4 is 5.32 Å². The molecule has 4 heterocycles. The second-order valence-electron chi connectivity index (χ2n) is 6.40. The van der Waals surface area contributed by atoms with E-state index in [-0.39, 0.29) is 18.5 Å². The Morgan fingerprint density at radius 1 is 1.15 bits per heavy atom. The van der Waals surface area contributed by atoms with Crippen molar-refractivity contribution in [3.05, 3.63) is 60.5 Å². The first kappa shape index (κ1) is 17.3. The number of aromatic nitrogens is 4. The van der Waals surface area contributed by atoms with Crippen LogP contribution in [0, 0.1) is 0 Å². The lowest BCUT2D eigenvalue weighted by Crippen LogP contribution is -2.39. The summed E-state index contributed by atoms with van der Waals surface area (Å²) in [5, 5.41) is 6.87. The van der Waals surface area contributed by atoms with Crippen molar-refractivity contribution in [1.82, 2.24) is 30.3 Å². The summed E-state index contributed by atoms with van der Waals surface area (Å²) in [6, 6.07) is 7.09. The number of carbonyl (C=O) groups is 1. The van der Waals surface area contributed by atoms with E-state index in [0.29, 0.717) is 11.7 Å². The van der Waals surface area contributed by atoms with Crippen molar-refractivity contribution < 1.29 is 9.32 Å². The smallest absolute Gasteiger partial charge is 0.246 e. The molecule has 27 heavy (non-hydrogen) atoms. The van der Waals surface area contributed by atoms with Gasteiger partial charge in [-0.25, -0.2) is 0 Å². The maximum absolute atomic E-state index is 12.9. The van der Waals surface area contributed by atoms with Crippen molar-refractivity contribution in [2.75, 3.05) is 13.1 Å². The minimum atomic E-state index is -0.359. The number of nitrogens with zero attached hydrogens (tertiary/aromatic N) is 5. The quantitative estimate of drug-likeness (QED) is 0.714. The van der Waals surface area contributed by atoms with Gasteiger partial charge in [-0.1, -0.05) is 11.2 Å². The summed E-state index contributed by atoms with van der Waals surface area (Å²) >= 11 is 0. The first-order chi connectivity index (χ1) is 13.3. The van der Waals surface area contributed by atoms with Crippen LogP contribution in [0.2, 0.25) is 0 Å². The van der Waals surface area contributed by atoms with E-state index >= 15 is 0 Å². The van der Waals surface area contributed by atoms with Crippen LogP contribution >= 0.6 is 0 Å². The van der Waals surface area contributed by atoms with Gasteiger partial charge in [0, 0.05) is 30.4 Å². The largest absolute Gasteiger partial charge is 0.345 e. The second kappa shape index (κ2) is 8.05. The summed E-state index contributed by atoms with van der Waals surface area (Å²) < 4.78 is 5.25. The minimum absolute atomic E-state index is 0.0916. The molecule has 1 aliphatic rings. The van der Waals surface area contributed by atoms with Gasteiger partial charge < -0.3 is 9.84 Å². The molecule has 0 unspecified atom stereocenters. The highest BCUT2D eigenvalue weighted by Crippen LogP contribution is 2.25. The lowest BCUT2D eigenvalue weighted by Gasteiger charge is -2.26. The molecule has 8 heteroatoms. The third-order valence-corrected chi connectivity index (χ3v) is 4.56. The molecule has 0 aromatic carbocycles. The maximum Gasteiger partial charge on any atom is 0.246 e. The minimum Gasteiger partial charge on any atom is -0.345 e. The van der Waals surface area contributed by atoms with Crippen molar-refractivity contribution in [3.8, 4) is 11.4 Å². The van der Waals surface area contributed by atoms with Crippen molar-refractivity contribution >= 4 is 5.91 Å². The molecule has 138 valence electrons. The fourth-order valence-corrected chi connectivity index (χ4v) is 3.26. The van der Waals surface area contributed by atoms with Gasteiger partial charge >= 0.3 is 0 Å². The highest BCUT2D eigenvalue weighted by Gasteiger charge is 2.30. The van der Waals surface area contributed by atoms with Gasteiger partial charge in [0.2, 0.25) is 17.6 Å². The normalized spacial score (nSPS) is 15.6. The Morgan fingerprint density at radius 3 is 2.63 bits per heavy atom. The third kappa shape index (κ3) is 4.01. The molecule has 3 aromatic heterocycles. The summed E-state index contributed by atoms with van der Waals surface area (Å²) in [6.07, 6.45) is 9.00. The Kier molecular flexibility index (Phi) is 5.15. The summed E-state index contributed by atoms with van der Waals surface area (Å²) in [4.78, 5) is 27.6. The van der Waals surface area contributed by atoms with Crippen molar-refractivity contribution in [3.63, 3.8) is 0 Å². The highest BCUT2D eigenvalue weighted by atomic mass is 16.5. The first-order valence-corrected chi connectivity index (χ1v) is 8.96. The Bertz CT molecular complexity index is 877. The van der Waals surface area contributed by atoms with Crippen LogP contribution in [0.4, 0.5) is 0 Å². The SMILES string of the molecule is O=C(NCc1nc(-c2cccnc2)no1)[C@H](c1cccnc1)N1CCCC1. The Morgan fingerprint density at radius 2 is 1.93 bits per heavy atom. The lowest BCUT2D eigenvalue weighted by atomic mass is 10.1. The van der Waals surface area contributed by atoms with Crippen molar-refractivity contribution in [1.29, 1.82) is 0 Å². The highest BCUT2D eigenvalue weighted by molar-refractivity contribution is 5.83. The number of pyridine rings is 2. The van der Waals surface area contributed by atoms with E-state index in [1.54, 1.807) is 24.8 Å². The van der Waals surface area contributed by atoms with E-state index in [2.05, 4.69) is 30.3 Å². The molecule has 1 N–H and O–H groups in total. The molecule has 1 saturated heterocycles. The van der Waals surface area contributed by atoms with Crippen LogP contribution in [-0.2, 0) is 11.3 Å². The average molecular weight is 364 g/mol. The van der Waals surface area contributed by atoms with Gasteiger partial charge in [0.25, 0.3) is 0 Å². The number of carbonyl (C=O) groups excluding carboxylic acids is 1. The zero-order chi connectivity index (χ0) is 18.5. The molecule has 4 rings (SSSR count). The number of amides is 1. The van der Waals surface area contributed by atoms with Gasteiger partial charge in [-0.3, -0.25) is 19.7 Å². The Balaban J connectivity index is 1.45. The number of hydrogen-bond acceptors (Lipinski definition) is 7. The molecular weight excluding hydrogens is 344 g/mol. The number of hydrogen-bond donors (Lipinski definition) is 1. The fourth-order valence-electron chi connectivity index (χ4n) is 3.26. The molecule has 3 aromatic rings. The van der Waals surface area contributed by atoms with E-state index in [0.717, 1.165) is 37.1 Å².